The van der Waals surface area contributed by atoms with Crippen LogP contribution in [0.25, 0.3) is 5.69 Å². The minimum atomic E-state index is -0.441. The highest BCUT2D eigenvalue weighted by Crippen LogP contribution is 2.20. The van der Waals surface area contributed by atoms with Gasteiger partial charge in [0.15, 0.2) is 0 Å². The number of hydrazone groups is 1. The number of rotatable bonds is 4. The standard InChI is InChI=1S/C16H12Cl2N6O/c1-10(11-3-2-4-13(7-11)24-9-19-22-23-24)20-21-16(25)14-8-12(17)5-6-15(14)18/h2-9H,1H3,(H,21,25)/b20-10-. The Hall–Kier alpha value is -2.77. The Kier molecular flexibility index (Phi) is 5.06. The maximum atomic E-state index is 12.2. The summed E-state index contributed by atoms with van der Waals surface area (Å²) in [6.45, 7) is 1.78. The van der Waals surface area contributed by atoms with Crippen LogP contribution in [0.15, 0.2) is 53.9 Å². The smallest absolute Gasteiger partial charge is 0.267 e. The maximum Gasteiger partial charge on any atom is 0.272 e. The van der Waals surface area contributed by atoms with Gasteiger partial charge in [0, 0.05) is 5.02 Å². The second-order valence-electron chi connectivity index (χ2n) is 5.07. The highest BCUT2D eigenvalue weighted by molar-refractivity contribution is 6.35. The van der Waals surface area contributed by atoms with E-state index in [0.29, 0.717) is 15.8 Å². The molecule has 0 atom stereocenters. The van der Waals surface area contributed by atoms with E-state index < -0.39 is 5.91 Å². The topological polar surface area (TPSA) is 85.1 Å². The molecule has 1 N–H and O–H groups in total. The van der Waals surface area contributed by atoms with Crippen molar-refractivity contribution in [2.45, 2.75) is 6.92 Å². The van der Waals surface area contributed by atoms with E-state index in [9.17, 15) is 4.79 Å². The fourth-order valence-corrected chi connectivity index (χ4v) is 2.46. The van der Waals surface area contributed by atoms with Crippen LogP contribution in [-0.4, -0.2) is 31.8 Å². The minimum absolute atomic E-state index is 0.258. The minimum Gasteiger partial charge on any atom is -0.267 e. The van der Waals surface area contributed by atoms with Gasteiger partial charge >= 0.3 is 0 Å². The van der Waals surface area contributed by atoms with Gasteiger partial charge in [0.05, 0.1) is 22.0 Å². The van der Waals surface area contributed by atoms with E-state index in [1.54, 1.807) is 19.1 Å². The molecule has 1 aromatic heterocycles. The zero-order valence-corrected chi connectivity index (χ0v) is 14.5. The monoisotopic (exact) mass is 374 g/mol. The molecule has 0 aliphatic rings. The molecule has 0 aliphatic carbocycles. The van der Waals surface area contributed by atoms with Crippen molar-refractivity contribution in [1.82, 2.24) is 25.6 Å². The molecule has 25 heavy (non-hydrogen) atoms. The Balaban J connectivity index is 1.79. The highest BCUT2D eigenvalue weighted by atomic mass is 35.5. The first-order valence-corrected chi connectivity index (χ1v) is 7.93. The summed E-state index contributed by atoms with van der Waals surface area (Å²) in [7, 11) is 0. The van der Waals surface area contributed by atoms with Gasteiger partial charge in [-0.2, -0.15) is 5.10 Å². The number of tetrazole rings is 1. The van der Waals surface area contributed by atoms with Crippen LogP contribution in [0.1, 0.15) is 22.8 Å². The Morgan fingerprint density at radius 3 is 2.80 bits per heavy atom. The van der Waals surface area contributed by atoms with E-state index in [1.807, 2.05) is 24.3 Å². The van der Waals surface area contributed by atoms with E-state index in [0.717, 1.165) is 11.3 Å². The van der Waals surface area contributed by atoms with Crippen LogP contribution in [0.2, 0.25) is 10.0 Å². The predicted octanol–water partition coefficient (Wildman–Crippen LogP) is 3.12. The normalized spacial score (nSPS) is 11.4. The van der Waals surface area contributed by atoms with Crippen LogP contribution in [0.5, 0.6) is 0 Å². The summed E-state index contributed by atoms with van der Waals surface area (Å²) < 4.78 is 1.53. The molecule has 0 unspecified atom stereocenters. The molecule has 0 saturated carbocycles. The number of benzene rings is 2. The Labute approximate surface area is 153 Å². The molecule has 1 amide bonds. The van der Waals surface area contributed by atoms with E-state index in [1.165, 1.54) is 17.1 Å². The van der Waals surface area contributed by atoms with E-state index in [4.69, 9.17) is 23.2 Å². The molecule has 7 nitrogen and oxygen atoms in total. The average Bonchev–Trinajstić information content (AvgIpc) is 3.16. The van der Waals surface area contributed by atoms with Crippen LogP contribution in [0, 0.1) is 0 Å². The van der Waals surface area contributed by atoms with Crippen LogP contribution in [0.4, 0.5) is 0 Å². The molecule has 3 aromatic rings. The second-order valence-corrected chi connectivity index (χ2v) is 5.91. The number of hydrogen-bond donors (Lipinski definition) is 1. The van der Waals surface area contributed by atoms with Gasteiger partial charge in [0.2, 0.25) is 0 Å². The summed E-state index contributed by atoms with van der Waals surface area (Å²) in [5, 5.41) is 15.9. The van der Waals surface area contributed by atoms with Crippen molar-refractivity contribution in [1.29, 1.82) is 0 Å². The first-order chi connectivity index (χ1) is 12.0. The van der Waals surface area contributed by atoms with Crippen LogP contribution < -0.4 is 5.43 Å². The molecule has 9 heteroatoms. The molecule has 0 bridgehead atoms. The third kappa shape index (κ3) is 4.01. The molecule has 0 radical (unpaired) electrons. The van der Waals surface area contributed by atoms with E-state index in [2.05, 4.69) is 26.1 Å². The lowest BCUT2D eigenvalue weighted by molar-refractivity contribution is 0.0955. The SMILES string of the molecule is C/C(=N/NC(=O)c1cc(Cl)ccc1Cl)c1cccc(-n2cnnn2)c1. The number of carbonyl (C=O) groups is 1. The third-order valence-corrected chi connectivity index (χ3v) is 3.94. The zero-order valence-electron chi connectivity index (χ0n) is 13.0. The summed E-state index contributed by atoms with van der Waals surface area (Å²) in [5.74, 6) is -0.441. The molecule has 1 heterocycles. The lowest BCUT2D eigenvalue weighted by Crippen LogP contribution is -2.19. The summed E-state index contributed by atoms with van der Waals surface area (Å²) in [6, 6.07) is 12.1. The van der Waals surface area contributed by atoms with Crippen molar-refractivity contribution in [2.24, 2.45) is 5.10 Å². The van der Waals surface area contributed by atoms with Crippen molar-refractivity contribution in [2.75, 3.05) is 0 Å². The molecular weight excluding hydrogens is 363 g/mol. The first kappa shape index (κ1) is 17.1. The van der Waals surface area contributed by atoms with Gasteiger partial charge in [0.1, 0.15) is 6.33 Å². The van der Waals surface area contributed by atoms with Gasteiger partial charge in [0.25, 0.3) is 5.91 Å². The molecule has 0 fully saturated rings. The predicted molar refractivity (Wildman–Crippen MR) is 95.3 cm³/mol. The van der Waals surface area contributed by atoms with Crippen LogP contribution >= 0.6 is 23.2 Å². The van der Waals surface area contributed by atoms with Gasteiger partial charge < -0.3 is 0 Å². The number of aromatic nitrogens is 4. The molecule has 126 valence electrons. The highest BCUT2D eigenvalue weighted by Gasteiger charge is 2.11. The molecule has 0 saturated heterocycles. The average molecular weight is 375 g/mol. The third-order valence-electron chi connectivity index (χ3n) is 3.38. The van der Waals surface area contributed by atoms with Gasteiger partial charge in [-0.25, -0.2) is 10.1 Å². The molecule has 3 rings (SSSR count). The van der Waals surface area contributed by atoms with Crippen molar-refractivity contribution >= 4 is 34.8 Å². The maximum absolute atomic E-state index is 12.2. The van der Waals surface area contributed by atoms with Crippen LogP contribution in [-0.2, 0) is 0 Å². The van der Waals surface area contributed by atoms with Crippen molar-refractivity contribution in [3.8, 4) is 5.69 Å². The van der Waals surface area contributed by atoms with Gasteiger partial charge in [-0.15, -0.1) is 5.10 Å². The summed E-state index contributed by atoms with van der Waals surface area (Å²) >= 11 is 11.9. The first-order valence-electron chi connectivity index (χ1n) is 7.18. The largest absolute Gasteiger partial charge is 0.272 e. The quantitative estimate of drug-likeness (QED) is 0.561. The van der Waals surface area contributed by atoms with Crippen molar-refractivity contribution in [3.63, 3.8) is 0 Å². The number of nitrogens with one attached hydrogen (secondary N) is 1. The number of hydrogen-bond acceptors (Lipinski definition) is 5. The fraction of sp³-hybridized carbons (Fsp3) is 0.0625. The van der Waals surface area contributed by atoms with E-state index >= 15 is 0 Å². The number of halogens is 2. The summed E-state index contributed by atoms with van der Waals surface area (Å²) in [4.78, 5) is 12.2. The van der Waals surface area contributed by atoms with E-state index in [-0.39, 0.29) is 5.56 Å². The van der Waals surface area contributed by atoms with Crippen molar-refractivity contribution in [3.05, 3.63) is 70.0 Å². The molecule has 0 aliphatic heterocycles. The summed E-state index contributed by atoms with van der Waals surface area (Å²) in [6.07, 6.45) is 1.49. The lowest BCUT2D eigenvalue weighted by atomic mass is 10.1. The number of carbonyl (C=O) groups excluding carboxylic acids is 1. The Bertz CT molecular complexity index is 940. The Morgan fingerprint density at radius 1 is 1.20 bits per heavy atom. The molecule has 2 aromatic carbocycles. The lowest BCUT2D eigenvalue weighted by Gasteiger charge is -2.06. The van der Waals surface area contributed by atoms with Gasteiger partial charge in [-0.3, -0.25) is 4.79 Å². The van der Waals surface area contributed by atoms with Crippen molar-refractivity contribution < 1.29 is 4.79 Å². The number of amides is 1. The van der Waals surface area contributed by atoms with Gasteiger partial charge in [-0.1, -0.05) is 35.3 Å². The zero-order chi connectivity index (χ0) is 17.8. The summed E-state index contributed by atoms with van der Waals surface area (Å²) in [5.41, 5.74) is 4.94. The molecule has 0 spiro atoms. The van der Waals surface area contributed by atoms with Crippen LogP contribution in [0.3, 0.4) is 0 Å². The second kappa shape index (κ2) is 7.42. The Morgan fingerprint density at radius 2 is 2.04 bits per heavy atom. The van der Waals surface area contributed by atoms with Gasteiger partial charge in [-0.05, 0) is 53.2 Å². The number of nitrogens with zero attached hydrogens (tertiary/aromatic N) is 5. The molecular formula is C16H12Cl2N6O. The fourth-order valence-electron chi connectivity index (χ4n) is 2.08.